The van der Waals surface area contributed by atoms with E-state index in [-0.39, 0.29) is 11.1 Å². The monoisotopic (exact) mass is 439 g/mol. The normalized spacial score (nSPS) is 12.6. The predicted molar refractivity (Wildman–Crippen MR) is 109 cm³/mol. The molecule has 1 heterocycles. The van der Waals surface area contributed by atoms with E-state index < -0.39 is 18.0 Å². The van der Waals surface area contributed by atoms with E-state index in [9.17, 15) is 18.0 Å². The van der Waals surface area contributed by atoms with E-state index in [1.807, 2.05) is 0 Å². The molecule has 3 aromatic rings. The SMILES string of the molecule is CC(Sc1ncc(-c2ccccc2)n1CC(F)(F)F)C(=O)Nc1ccccc1Cl. The lowest BCUT2D eigenvalue weighted by Crippen LogP contribution is -2.24. The van der Waals surface area contributed by atoms with Crippen molar-refractivity contribution in [2.24, 2.45) is 0 Å². The minimum Gasteiger partial charge on any atom is -0.324 e. The number of rotatable bonds is 6. The van der Waals surface area contributed by atoms with Gasteiger partial charge < -0.3 is 9.88 Å². The van der Waals surface area contributed by atoms with Gasteiger partial charge in [-0.25, -0.2) is 4.98 Å². The molecule has 152 valence electrons. The molecule has 0 aliphatic heterocycles. The standard InChI is InChI=1S/C20H17ClF3N3OS/c1-13(18(28)26-16-10-6-5-9-15(16)21)29-19-25-11-17(14-7-3-2-4-8-14)27(19)12-20(22,23)24/h2-11,13H,12H2,1H3,(H,26,28). The van der Waals surface area contributed by atoms with Crippen LogP contribution in [0.15, 0.2) is 66.0 Å². The summed E-state index contributed by atoms with van der Waals surface area (Å²) in [5.74, 6) is -0.383. The molecule has 0 saturated carbocycles. The van der Waals surface area contributed by atoms with Crippen LogP contribution in [0.4, 0.5) is 18.9 Å². The number of thioether (sulfide) groups is 1. The van der Waals surface area contributed by atoms with Crippen molar-refractivity contribution in [2.75, 3.05) is 5.32 Å². The number of carbonyl (C=O) groups is 1. The number of carbonyl (C=O) groups excluding carboxylic acids is 1. The van der Waals surface area contributed by atoms with Gasteiger partial charge in [0.2, 0.25) is 5.91 Å². The maximum Gasteiger partial charge on any atom is 0.406 e. The van der Waals surface area contributed by atoms with E-state index in [2.05, 4.69) is 10.3 Å². The highest BCUT2D eigenvalue weighted by atomic mass is 35.5. The van der Waals surface area contributed by atoms with Crippen LogP contribution in [-0.4, -0.2) is 26.9 Å². The zero-order valence-corrected chi connectivity index (χ0v) is 16.9. The van der Waals surface area contributed by atoms with E-state index in [0.717, 1.165) is 16.3 Å². The Morgan fingerprint density at radius 1 is 1.17 bits per heavy atom. The first-order valence-electron chi connectivity index (χ1n) is 8.64. The second kappa shape index (κ2) is 8.92. The van der Waals surface area contributed by atoms with Gasteiger partial charge in [0.15, 0.2) is 5.16 Å². The first kappa shape index (κ1) is 21.3. The van der Waals surface area contributed by atoms with Crippen molar-refractivity contribution in [3.8, 4) is 11.3 Å². The lowest BCUT2D eigenvalue weighted by molar-refractivity contribution is -0.141. The van der Waals surface area contributed by atoms with Gasteiger partial charge in [-0.2, -0.15) is 13.2 Å². The van der Waals surface area contributed by atoms with E-state index >= 15 is 0 Å². The number of aromatic nitrogens is 2. The molecule has 29 heavy (non-hydrogen) atoms. The van der Waals surface area contributed by atoms with E-state index in [1.54, 1.807) is 61.5 Å². The number of nitrogens with one attached hydrogen (secondary N) is 1. The summed E-state index contributed by atoms with van der Waals surface area (Å²) in [5.41, 5.74) is 1.39. The molecule has 0 fully saturated rings. The molecule has 1 N–H and O–H groups in total. The van der Waals surface area contributed by atoms with Gasteiger partial charge in [0.05, 0.1) is 27.9 Å². The predicted octanol–water partition coefficient (Wildman–Crippen LogP) is 5.89. The largest absolute Gasteiger partial charge is 0.406 e. The van der Waals surface area contributed by atoms with Gasteiger partial charge in [0.25, 0.3) is 0 Å². The molecule has 9 heteroatoms. The minimum atomic E-state index is -4.43. The second-order valence-corrected chi connectivity index (χ2v) is 7.94. The van der Waals surface area contributed by atoms with Crippen molar-refractivity contribution >= 4 is 35.0 Å². The van der Waals surface area contributed by atoms with Crippen LogP contribution in [0.1, 0.15) is 6.92 Å². The zero-order chi connectivity index (χ0) is 21.0. The van der Waals surface area contributed by atoms with Crippen LogP contribution in [0.5, 0.6) is 0 Å². The molecule has 1 aromatic heterocycles. The van der Waals surface area contributed by atoms with Crippen LogP contribution in [0.2, 0.25) is 5.02 Å². The van der Waals surface area contributed by atoms with Gasteiger partial charge in [-0.05, 0) is 24.6 Å². The Hall–Kier alpha value is -2.45. The first-order valence-corrected chi connectivity index (χ1v) is 9.90. The summed E-state index contributed by atoms with van der Waals surface area (Å²) in [7, 11) is 0. The molecule has 0 spiro atoms. The van der Waals surface area contributed by atoms with Crippen LogP contribution in [0, 0.1) is 0 Å². The molecular formula is C20H17ClF3N3OS. The lowest BCUT2D eigenvalue weighted by Gasteiger charge is -2.16. The van der Waals surface area contributed by atoms with Gasteiger partial charge in [-0.3, -0.25) is 4.79 Å². The zero-order valence-electron chi connectivity index (χ0n) is 15.3. The number of halogens is 4. The molecule has 0 bridgehead atoms. The summed E-state index contributed by atoms with van der Waals surface area (Å²) >= 11 is 7.00. The van der Waals surface area contributed by atoms with E-state index in [0.29, 0.717) is 22.0 Å². The number of anilines is 1. The smallest absolute Gasteiger partial charge is 0.324 e. The summed E-state index contributed by atoms with van der Waals surface area (Å²) in [4.78, 5) is 16.6. The van der Waals surface area contributed by atoms with Gasteiger partial charge in [-0.1, -0.05) is 65.8 Å². The quantitative estimate of drug-likeness (QED) is 0.487. The number of nitrogens with zero attached hydrogens (tertiary/aromatic N) is 2. The van der Waals surface area contributed by atoms with Crippen molar-refractivity contribution in [3.63, 3.8) is 0 Å². The molecule has 0 aliphatic carbocycles. The van der Waals surface area contributed by atoms with Crippen molar-refractivity contribution < 1.29 is 18.0 Å². The third-order valence-corrected chi connectivity index (χ3v) is 5.44. The average Bonchev–Trinajstić information content (AvgIpc) is 3.04. The van der Waals surface area contributed by atoms with E-state index in [4.69, 9.17) is 11.6 Å². The Kier molecular flexibility index (Phi) is 6.54. The summed E-state index contributed by atoms with van der Waals surface area (Å²) in [6, 6.07) is 15.4. The number of hydrogen-bond acceptors (Lipinski definition) is 3. The third kappa shape index (κ3) is 5.55. The minimum absolute atomic E-state index is 0.114. The molecule has 1 amide bonds. The van der Waals surface area contributed by atoms with Crippen LogP contribution < -0.4 is 5.32 Å². The number of benzene rings is 2. The van der Waals surface area contributed by atoms with Crippen molar-refractivity contribution in [1.29, 1.82) is 0 Å². The van der Waals surface area contributed by atoms with Gasteiger partial charge in [0.1, 0.15) is 6.54 Å². The van der Waals surface area contributed by atoms with Crippen LogP contribution >= 0.6 is 23.4 Å². The Labute approximate surface area is 175 Å². The summed E-state index contributed by atoms with van der Waals surface area (Å²) in [5, 5.41) is 2.49. The number of imidazole rings is 1. The van der Waals surface area contributed by atoms with Gasteiger partial charge in [0, 0.05) is 0 Å². The Morgan fingerprint density at radius 2 is 1.83 bits per heavy atom. The summed E-state index contributed by atoms with van der Waals surface area (Å²) in [6.07, 6.45) is -3.04. The number of alkyl halides is 3. The average molecular weight is 440 g/mol. The van der Waals surface area contributed by atoms with E-state index in [1.165, 1.54) is 6.20 Å². The molecule has 2 aromatic carbocycles. The maximum atomic E-state index is 13.2. The molecule has 1 unspecified atom stereocenters. The van der Waals surface area contributed by atoms with Crippen molar-refractivity contribution in [1.82, 2.24) is 9.55 Å². The molecule has 0 radical (unpaired) electrons. The molecule has 0 saturated heterocycles. The van der Waals surface area contributed by atoms with Crippen molar-refractivity contribution in [3.05, 3.63) is 65.8 Å². The Bertz CT molecular complexity index is 992. The highest BCUT2D eigenvalue weighted by molar-refractivity contribution is 8.00. The summed E-state index contributed by atoms with van der Waals surface area (Å²) < 4.78 is 40.6. The first-order chi connectivity index (χ1) is 13.7. The van der Waals surface area contributed by atoms with Crippen LogP contribution in [-0.2, 0) is 11.3 Å². The molecular weight excluding hydrogens is 423 g/mol. The number of para-hydroxylation sites is 1. The fraction of sp³-hybridized carbons (Fsp3) is 0.200. The fourth-order valence-electron chi connectivity index (χ4n) is 2.63. The Balaban J connectivity index is 1.83. The number of hydrogen-bond donors (Lipinski definition) is 1. The maximum absolute atomic E-state index is 13.2. The van der Waals surface area contributed by atoms with Crippen molar-refractivity contribution in [2.45, 2.75) is 30.1 Å². The molecule has 0 aliphatic rings. The third-order valence-electron chi connectivity index (χ3n) is 4.01. The number of amides is 1. The highest BCUT2D eigenvalue weighted by Crippen LogP contribution is 2.32. The van der Waals surface area contributed by atoms with Crippen LogP contribution in [0.3, 0.4) is 0 Å². The molecule has 4 nitrogen and oxygen atoms in total. The highest BCUT2D eigenvalue weighted by Gasteiger charge is 2.31. The second-order valence-electron chi connectivity index (χ2n) is 6.22. The fourth-order valence-corrected chi connectivity index (χ4v) is 3.70. The Morgan fingerprint density at radius 3 is 2.48 bits per heavy atom. The van der Waals surface area contributed by atoms with Crippen LogP contribution in [0.25, 0.3) is 11.3 Å². The van der Waals surface area contributed by atoms with Gasteiger partial charge in [-0.15, -0.1) is 0 Å². The molecule has 1 atom stereocenters. The lowest BCUT2D eigenvalue weighted by atomic mass is 10.2. The topological polar surface area (TPSA) is 46.9 Å². The summed E-state index contributed by atoms with van der Waals surface area (Å²) in [6.45, 7) is 0.407. The van der Waals surface area contributed by atoms with Gasteiger partial charge >= 0.3 is 6.18 Å². The molecule has 3 rings (SSSR count).